The number of likely N-dealkylation sites (N-methyl/N-ethyl adjacent to an activating group) is 1. The van der Waals surface area contributed by atoms with Crippen molar-refractivity contribution in [3.8, 4) is 0 Å². The smallest absolute Gasteiger partial charge is 0.306 e. The lowest BCUT2D eigenvalue weighted by molar-refractivity contribution is -0.314. The van der Waals surface area contributed by atoms with Crippen LogP contribution in [0.15, 0.2) is 11.6 Å². The van der Waals surface area contributed by atoms with Crippen molar-refractivity contribution in [2.75, 3.05) is 35.4 Å². The van der Waals surface area contributed by atoms with Gasteiger partial charge in [-0.3, -0.25) is 9.59 Å². The zero-order valence-electron chi connectivity index (χ0n) is 33.4. The minimum absolute atomic E-state index is 0.0316. The number of carbonyl (C=O) groups excluding carboxylic acids is 2. The van der Waals surface area contributed by atoms with E-state index in [1.807, 2.05) is 13.8 Å². The molecule has 3 aliphatic carbocycles. The zero-order chi connectivity index (χ0) is 37.7. The normalized spacial score (nSPS) is 48.8. The lowest BCUT2D eigenvalue weighted by Gasteiger charge is -2.44. The van der Waals surface area contributed by atoms with Gasteiger partial charge in [-0.05, 0) is 109 Å². The number of esters is 1. The van der Waals surface area contributed by atoms with Crippen LogP contribution in [0.25, 0.3) is 0 Å². The summed E-state index contributed by atoms with van der Waals surface area (Å²) in [6, 6.07) is 0.946. The van der Waals surface area contributed by atoms with E-state index in [1.165, 1.54) is 0 Å². The van der Waals surface area contributed by atoms with Crippen molar-refractivity contribution in [3.63, 3.8) is 0 Å². The number of hydrogen-bond donors (Lipinski definition) is 1. The van der Waals surface area contributed by atoms with Gasteiger partial charge in [0, 0.05) is 51.3 Å². The predicted molar refractivity (Wildman–Crippen MR) is 196 cm³/mol. The van der Waals surface area contributed by atoms with Gasteiger partial charge in [0.2, 0.25) is 0 Å². The second-order valence-corrected chi connectivity index (χ2v) is 17.3. The Hall–Kier alpha value is -1.48. The first-order valence-corrected chi connectivity index (χ1v) is 20.6. The van der Waals surface area contributed by atoms with Gasteiger partial charge in [0.05, 0.1) is 30.8 Å². The molecule has 19 atom stereocenters. The number of fused-ring (bicyclic) bond motifs is 8. The van der Waals surface area contributed by atoms with Crippen molar-refractivity contribution in [3.05, 3.63) is 11.6 Å². The third-order valence-corrected chi connectivity index (χ3v) is 14.2. The third kappa shape index (κ3) is 7.80. The highest BCUT2D eigenvalue weighted by Crippen LogP contribution is 2.60. The van der Waals surface area contributed by atoms with Gasteiger partial charge in [0.15, 0.2) is 18.4 Å². The summed E-state index contributed by atoms with van der Waals surface area (Å²) >= 11 is 0. The van der Waals surface area contributed by atoms with Crippen molar-refractivity contribution in [1.82, 2.24) is 10.2 Å². The molecular formula is C41H66N2O10. The van der Waals surface area contributed by atoms with Crippen molar-refractivity contribution < 1.29 is 47.5 Å². The molecule has 4 heterocycles. The molecule has 2 saturated carbocycles. The highest BCUT2D eigenvalue weighted by Gasteiger charge is 2.65. The van der Waals surface area contributed by atoms with E-state index in [0.29, 0.717) is 30.3 Å². The van der Waals surface area contributed by atoms with Crippen LogP contribution in [0.1, 0.15) is 85.5 Å². The van der Waals surface area contributed by atoms with E-state index in [0.717, 1.165) is 50.5 Å². The maximum Gasteiger partial charge on any atom is 0.306 e. The van der Waals surface area contributed by atoms with Gasteiger partial charge in [0.25, 0.3) is 0 Å². The summed E-state index contributed by atoms with van der Waals surface area (Å²) in [7, 11) is 9.18. The van der Waals surface area contributed by atoms with Gasteiger partial charge < -0.3 is 48.1 Å². The van der Waals surface area contributed by atoms with Crippen molar-refractivity contribution in [2.45, 2.75) is 165 Å². The molecule has 0 aromatic rings. The van der Waals surface area contributed by atoms with Crippen LogP contribution in [0.2, 0.25) is 0 Å². The Morgan fingerprint density at radius 2 is 1.58 bits per heavy atom. The molecule has 4 saturated heterocycles. The number of Topliss-reactive ketones (excluding diaryl/α,β-unsaturated/α-hetero) is 1. The average Bonchev–Trinajstić information content (AvgIpc) is 3.67. The summed E-state index contributed by atoms with van der Waals surface area (Å²) in [5.41, 5.74) is 0.798. The second-order valence-electron chi connectivity index (χ2n) is 17.3. The average molecular weight is 747 g/mol. The fraction of sp³-hybridized carbons (Fsp3) is 0.902. The topological polar surface area (TPSA) is 133 Å². The molecule has 12 nitrogen and oxygen atoms in total. The third-order valence-electron chi connectivity index (χ3n) is 14.2. The van der Waals surface area contributed by atoms with E-state index in [2.05, 4.69) is 44.2 Å². The van der Waals surface area contributed by atoms with Crippen LogP contribution < -0.4 is 5.32 Å². The highest BCUT2D eigenvalue weighted by molar-refractivity contribution is 5.99. The summed E-state index contributed by atoms with van der Waals surface area (Å²) in [4.78, 5) is 30.6. The molecule has 0 bridgehead atoms. The van der Waals surface area contributed by atoms with Gasteiger partial charge in [0.1, 0.15) is 24.4 Å². The summed E-state index contributed by atoms with van der Waals surface area (Å²) in [5.74, 6) is 0.423. The van der Waals surface area contributed by atoms with Gasteiger partial charge in [-0.15, -0.1) is 0 Å². The quantitative estimate of drug-likeness (QED) is 0.267. The van der Waals surface area contributed by atoms with Gasteiger partial charge in [-0.25, -0.2) is 0 Å². The number of nitrogens with zero attached hydrogens (tertiary/aromatic N) is 1. The highest BCUT2D eigenvalue weighted by atomic mass is 16.7. The van der Waals surface area contributed by atoms with Crippen LogP contribution in [0.4, 0.5) is 0 Å². The standard InChI is InChI=1S/C41H66N2O10/c1-10-23-12-11-13-31(53-33-15-14-30(43(5)6)21(3)49-33)20(2)37(45)29-18-26-25-16-24(52-41-40(48-9)39(47-8)38(46-7)22(4)50-41)17-28(25)35-36(42-35)34(26)27(29)19-32(44)51-23/h18,20-28,30-31,33-36,38-42H,10-17,19H2,1-9H3/t20-,21?,22?,23+,24+,25+,26+,27-,28-,30+,31+,33+,34-,35-,36+,38+,39-,40?,41+/m1/s1. The summed E-state index contributed by atoms with van der Waals surface area (Å²) < 4.78 is 49.8. The first kappa shape index (κ1) is 39.7. The fourth-order valence-corrected chi connectivity index (χ4v) is 11.5. The molecule has 4 aliphatic heterocycles. The molecule has 7 rings (SSSR count). The SMILES string of the molecule is CC[C@H]1CCC[C@H](O[C@H]2CC[C@H](N(C)C)C(C)O2)[C@@H](C)C(=O)C2=C[C@H]3[C@@H]4C[C@H](O[C@@H]5OC(C)[C@H](OC)[C@@H](OC)C5OC)C[C@H]4[C@H]4N[C@H]4[C@H]3[C@@H]2CC(=O)O1. The minimum Gasteiger partial charge on any atom is -0.462 e. The predicted octanol–water partition coefficient (Wildman–Crippen LogP) is 4.27. The van der Waals surface area contributed by atoms with E-state index < -0.39 is 12.4 Å². The monoisotopic (exact) mass is 746 g/mol. The van der Waals surface area contributed by atoms with E-state index in [4.69, 9.17) is 37.9 Å². The van der Waals surface area contributed by atoms with Crippen LogP contribution in [-0.4, -0.2) is 132 Å². The van der Waals surface area contributed by atoms with E-state index in [-0.39, 0.29) is 96.9 Å². The summed E-state index contributed by atoms with van der Waals surface area (Å²) in [5, 5.41) is 3.82. The molecule has 0 radical (unpaired) electrons. The first-order chi connectivity index (χ1) is 25.5. The van der Waals surface area contributed by atoms with Crippen LogP contribution in [0.5, 0.6) is 0 Å². The Balaban J connectivity index is 1.11. The van der Waals surface area contributed by atoms with Crippen LogP contribution in [-0.2, 0) is 47.5 Å². The number of nitrogens with one attached hydrogen (secondary N) is 1. The van der Waals surface area contributed by atoms with Crippen LogP contribution >= 0.6 is 0 Å². The number of carbonyl (C=O) groups is 2. The van der Waals surface area contributed by atoms with Gasteiger partial charge in [-0.1, -0.05) is 19.9 Å². The number of allylic oxidation sites excluding steroid dienone is 2. The van der Waals surface area contributed by atoms with E-state index in [9.17, 15) is 9.59 Å². The molecule has 6 fully saturated rings. The van der Waals surface area contributed by atoms with E-state index >= 15 is 0 Å². The Kier molecular flexibility index (Phi) is 12.4. The fourth-order valence-electron chi connectivity index (χ4n) is 11.5. The van der Waals surface area contributed by atoms with Crippen LogP contribution in [0.3, 0.4) is 0 Å². The van der Waals surface area contributed by atoms with Crippen LogP contribution in [0, 0.1) is 35.5 Å². The maximum absolute atomic E-state index is 14.8. The van der Waals surface area contributed by atoms with E-state index in [1.54, 1.807) is 21.3 Å². The number of ether oxygens (including phenoxy) is 8. The Morgan fingerprint density at radius 3 is 2.26 bits per heavy atom. The molecule has 7 aliphatic rings. The summed E-state index contributed by atoms with van der Waals surface area (Å²) in [6.45, 7) is 8.21. The number of rotatable bonds is 9. The maximum atomic E-state index is 14.8. The number of ketones is 1. The molecule has 3 unspecified atom stereocenters. The molecule has 0 aromatic carbocycles. The summed E-state index contributed by atoms with van der Waals surface area (Å²) in [6.07, 6.45) is 6.49. The van der Waals surface area contributed by atoms with Crippen molar-refractivity contribution in [2.24, 2.45) is 35.5 Å². The largest absolute Gasteiger partial charge is 0.462 e. The molecule has 300 valence electrons. The van der Waals surface area contributed by atoms with Crippen molar-refractivity contribution in [1.29, 1.82) is 0 Å². The lowest BCUT2D eigenvalue weighted by atomic mass is 9.66. The molecule has 0 spiro atoms. The molecule has 12 heteroatoms. The molecular weight excluding hydrogens is 680 g/mol. The molecule has 0 aromatic heterocycles. The Morgan fingerprint density at radius 1 is 0.849 bits per heavy atom. The Bertz CT molecular complexity index is 1330. The van der Waals surface area contributed by atoms with Gasteiger partial charge >= 0.3 is 5.97 Å². The first-order valence-electron chi connectivity index (χ1n) is 20.6. The lowest BCUT2D eigenvalue weighted by Crippen LogP contribution is -2.59. The number of methoxy groups -OCH3 is 3. The minimum atomic E-state index is -0.585. The zero-order valence-corrected chi connectivity index (χ0v) is 33.4. The molecule has 1 N–H and O–H groups in total. The number of hydrogen-bond acceptors (Lipinski definition) is 12. The Labute approximate surface area is 316 Å². The second kappa shape index (κ2) is 16.5. The van der Waals surface area contributed by atoms with Gasteiger partial charge in [-0.2, -0.15) is 0 Å². The number of cyclic esters (lactones) is 1. The molecule has 0 amide bonds. The molecule has 53 heavy (non-hydrogen) atoms. The van der Waals surface area contributed by atoms with Crippen molar-refractivity contribution >= 4 is 11.8 Å².